The van der Waals surface area contributed by atoms with Crippen molar-refractivity contribution < 1.29 is 18.0 Å². The van der Waals surface area contributed by atoms with E-state index >= 15 is 0 Å². The van der Waals surface area contributed by atoms with Gasteiger partial charge in [-0.15, -0.1) is 23.7 Å². The van der Waals surface area contributed by atoms with Crippen LogP contribution in [-0.2, 0) is 19.6 Å². The van der Waals surface area contributed by atoms with Crippen LogP contribution in [0.3, 0.4) is 0 Å². The quantitative estimate of drug-likeness (QED) is 0.553. The van der Waals surface area contributed by atoms with Crippen molar-refractivity contribution >= 4 is 45.6 Å². The Morgan fingerprint density at radius 3 is 2.77 bits per heavy atom. The molecule has 0 saturated carbocycles. The van der Waals surface area contributed by atoms with Gasteiger partial charge in [0.1, 0.15) is 4.21 Å². The molecule has 1 aromatic rings. The van der Waals surface area contributed by atoms with E-state index in [0.29, 0.717) is 13.1 Å². The van der Waals surface area contributed by atoms with Gasteiger partial charge in [-0.1, -0.05) is 6.07 Å². The average Bonchev–Trinajstić information content (AvgIpc) is 3.14. The Morgan fingerprint density at radius 2 is 2.12 bits per heavy atom. The number of carbonyl (C=O) groups is 2. The number of nitrogens with zero attached hydrogens (tertiary/aromatic N) is 1. The number of hydrogen-bond donors (Lipinski definition) is 3. The predicted octanol–water partition coefficient (Wildman–Crippen LogP) is 0.294. The standard InChI is InChI=1S/C15H24N4O4S2.ClH/c16-7-6-13(20)17-10-12-4-1-2-8-19(12)14(21)11-18-25(22,23)15-5-3-9-24-15;/h3,5,9,12,18H,1-2,4,6-8,10-11,16H2,(H,17,20);1H. The molecule has 0 aromatic carbocycles. The van der Waals surface area contributed by atoms with Crippen molar-refractivity contribution in [3.63, 3.8) is 0 Å². The molecular formula is C15H25ClN4O4S2. The second-order valence-corrected chi connectivity index (χ2v) is 8.78. The highest BCUT2D eigenvalue weighted by molar-refractivity contribution is 7.91. The van der Waals surface area contributed by atoms with E-state index in [2.05, 4.69) is 10.0 Å². The van der Waals surface area contributed by atoms with Crippen molar-refractivity contribution in [2.75, 3.05) is 26.2 Å². The molecule has 26 heavy (non-hydrogen) atoms. The molecule has 1 aliphatic rings. The Hall–Kier alpha value is -1.20. The maximum atomic E-state index is 12.5. The van der Waals surface area contributed by atoms with Gasteiger partial charge in [0.2, 0.25) is 11.8 Å². The zero-order valence-electron chi connectivity index (χ0n) is 14.3. The largest absolute Gasteiger partial charge is 0.354 e. The summed E-state index contributed by atoms with van der Waals surface area (Å²) >= 11 is 1.10. The van der Waals surface area contributed by atoms with Gasteiger partial charge >= 0.3 is 0 Å². The fourth-order valence-corrected chi connectivity index (χ4v) is 4.75. The van der Waals surface area contributed by atoms with E-state index in [-0.39, 0.29) is 54.0 Å². The predicted molar refractivity (Wildman–Crippen MR) is 103 cm³/mol. The van der Waals surface area contributed by atoms with Gasteiger partial charge < -0.3 is 16.0 Å². The third kappa shape index (κ3) is 6.51. The lowest BCUT2D eigenvalue weighted by molar-refractivity contribution is -0.134. The maximum absolute atomic E-state index is 12.5. The van der Waals surface area contributed by atoms with E-state index < -0.39 is 10.0 Å². The number of rotatable bonds is 8. The molecule has 0 spiro atoms. The van der Waals surface area contributed by atoms with Crippen molar-refractivity contribution in [1.82, 2.24) is 14.9 Å². The van der Waals surface area contributed by atoms with Gasteiger partial charge in [-0.05, 0) is 30.7 Å². The van der Waals surface area contributed by atoms with Crippen LogP contribution in [0, 0.1) is 0 Å². The summed E-state index contributed by atoms with van der Waals surface area (Å²) in [6.45, 7) is 0.927. The number of amides is 2. The normalized spacial score (nSPS) is 17.4. The Balaban J connectivity index is 0.00000338. The van der Waals surface area contributed by atoms with Crippen LogP contribution in [0.25, 0.3) is 0 Å². The molecule has 1 fully saturated rings. The number of likely N-dealkylation sites (tertiary alicyclic amines) is 1. The molecule has 1 saturated heterocycles. The first-order valence-corrected chi connectivity index (χ1v) is 10.6. The van der Waals surface area contributed by atoms with E-state index in [1.54, 1.807) is 16.3 Å². The summed E-state index contributed by atoms with van der Waals surface area (Å²) < 4.78 is 26.8. The smallest absolute Gasteiger partial charge is 0.250 e. The van der Waals surface area contributed by atoms with Gasteiger partial charge in [-0.25, -0.2) is 13.1 Å². The third-order valence-corrected chi connectivity index (χ3v) is 6.83. The van der Waals surface area contributed by atoms with Gasteiger partial charge in [0.15, 0.2) is 0 Å². The molecule has 1 aliphatic heterocycles. The van der Waals surface area contributed by atoms with Gasteiger partial charge in [0.25, 0.3) is 10.0 Å². The Kier molecular flexibility index (Phi) is 9.51. The number of sulfonamides is 1. The van der Waals surface area contributed by atoms with Crippen molar-refractivity contribution in [2.45, 2.75) is 35.9 Å². The zero-order valence-corrected chi connectivity index (χ0v) is 16.8. The van der Waals surface area contributed by atoms with E-state index in [4.69, 9.17) is 5.73 Å². The minimum Gasteiger partial charge on any atom is -0.354 e. The third-order valence-electron chi connectivity index (χ3n) is 4.03. The monoisotopic (exact) mass is 424 g/mol. The fraction of sp³-hybridized carbons (Fsp3) is 0.600. The van der Waals surface area contributed by atoms with Crippen LogP contribution in [0.5, 0.6) is 0 Å². The SMILES string of the molecule is Cl.NCCC(=O)NCC1CCCCN1C(=O)CNS(=O)(=O)c1cccs1. The highest BCUT2D eigenvalue weighted by Gasteiger charge is 2.28. The van der Waals surface area contributed by atoms with Crippen molar-refractivity contribution in [3.05, 3.63) is 17.5 Å². The highest BCUT2D eigenvalue weighted by Crippen LogP contribution is 2.18. The Bertz CT molecular complexity index is 682. The average molecular weight is 425 g/mol. The molecule has 1 aromatic heterocycles. The molecule has 2 heterocycles. The minimum absolute atomic E-state index is 0. The number of carbonyl (C=O) groups excluding carboxylic acids is 2. The van der Waals surface area contributed by atoms with E-state index in [9.17, 15) is 18.0 Å². The molecule has 1 unspecified atom stereocenters. The van der Waals surface area contributed by atoms with Crippen LogP contribution in [-0.4, -0.2) is 57.4 Å². The molecule has 0 aliphatic carbocycles. The van der Waals surface area contributed by atoms with Crippen LogP contribution in [0.2, 0.25) is 0 Å². The van der Waals surface area contributed by atoms with Crippen LogP contribution < -0.4 is 15.8 Å². The lowest BCUT2D eigenvalue weighted by atomic mass is 10.0. The van der Waals surface area contributed by atoms with Crippen LogP contribution in [0.15, 0.2) is 21.7 Å². The van der Waals surface area contributed by atoms with Gasteiger partial charge in [-0.2, -0.15) is 0 Å². The second-order valence-electron chi connectivity index (χ2n) is 5.84. The number of nitrogens with one attached hydrogen (secondary N) is 2. The van der Waals surface area contributed by atoms with Gasteiger partial charge in [-0.3, -0.25) is 9.59 Å². The molecule has 2 rings (SSSR count). The molecular weight excluding hydrogens is 400 g/mol. The molecule has 8 nitrogen and oxygen atoms in total. The van der Waals surface area contributed by atoms with E-state index in [1.165, 1.54) is 6.07 Å². The molecule has 148 valence electrons. The summed E-state index contributed by atoms with van der Waals surface area (Å²) in [5.74, 6) is -0.420. The first kappa shape index (κ1) is 22.8. The first-order valence-electron chi connectivity index (χ1n) is 8.23. The fourth-order valence-electron chi connectivity index (χ4n) is 2.74. The van der Waals surface area contributed by atoms with Gasteiger partial charge in [0, 0.05) is 32.1 Å². The lowest BCUT2D eigenvalue weighted by Gasteiger charge is -2.36. The molecule has 0 bridgehead atoms. The van der Waals surface area contributed by atoms with Crippen molar-refractivity contribution in [2.24, 2.45) is 5.73 Å². The number of thiophene rings is 1. The molecule has 2 amide bonds. The van der Waals surface area contributed by atoms with Crippen LogP contribution in [0.1, 0.15) is 25.7 Å². The number of nitrogens with two attached hydrogens (primary N) is 1. The summed E-state index contributed by atoms with van der Waals surface area (Å²) in [6.07, 6.45) is 2.88. The highest BCUT2D eigenvalue weighted by atomic mass is 35.5. The number of hydrogen-bond acceptors (Lipinski definition) is 6. The first-order chi connectivity index (χ1) is 11.9. The van der Waals surface area contributed by atoms with Crippen molar-refractivity contribution in [1.29, 1.82) is 0 Å². The minimum atomic E-state index is -3.66. The van der Waals surface area contributed by atoms with E-state index in [0.717, 1.165) is 30.6 Å². The number of piperidine rings is 1. The summed E-state index contributed by atoms with van der Waals surface area (Å²) in [6, 6.07) is 3.02. The van der Waals surface area contributed by atoms with Crippen molar-refractivity contribution in [3.8, 4) is 0 Å². The molecule has 1 atom stereocenters. The molecule has 0 radical (unpaired) electrons. The lowest BCUT2D eigenvalue weighted by Crippen LogP contribution is -2.52. The molecule has 4 N–H and O–H groups in total. The molecule has 11 heteroatoms. The maximum Gasteiger partial charge on any atom is 0.250 e. The summed E-state index contributed by atoms with van der Waals surface area (Å²) in [7, 11) is -3.66. The number of halogens is 1. The summed E-state index contributed by atoms with van der Waals surface area (Å²) in [4.78, 5) is 25.7. The zero-order chi connectivity index (χ0) is 18.3. The topological polar surface area (TPSA) is 122 Å². The Morgan fingerprint density at radius 1 is 1.35 bits per heavy atom. The summed E-state index contributed by atoms with van der Waals surface area (Å²) in [5, 5.41) is 4.45. The second kappa shape index (κ2) is 10.8. The van der Waals surface area contributed by atoms with Crippen LogP contribution in [0.4, 0.5) is 0 Å². The van der Waals surface area contributed by atoms with E-state index in [1.807, 2.05) is 0 Å². The Labute approximate surface area is 164 Å². The van der Waals surface area contributed by atoms with Crippen LogP contribution >= 0.6 is 23.7 Å². The van der Waals surface area contributed by atoms with Gasteiger partial charge in [0.05, 0.1) is 6.54 Å². The summed E-state index contributed by atoms with van der Waals surface area (Å²) in [5.41, 5.74) is 5.34.